The molecule has 0 saturated heterocycles. The molecule has 0 aromatic carbocycles. The van der Waals surface area contributed by atoms with E-state index in [4.69, 9.17) is 5.11 Å². The Hall–Kier alpha value is -1.06. The zero-order valence-electron chi connectivity index (χ0n) is 12.2. The number of amides is 1. The van der Waals surface area contributed by atoms with Crippen LogP contribution in [0.5, 0.6) is 0 Å². The van der Waals surface area contributed by atoms with E-state index in [1.165, 1.54) is 0 Å². The number of nitrogens with one attached hydrogen (secondary N) is 1. The van der Waals surface area contributed by atoms with Gasteiger partial charge in [-0.1, -0.05) is 34.6 Å². The van der Waals surface area contributed by atoms with Gasteiger partial charge >= 0.3 is 5.97 Å². The molecule has 106 valence electrons. The van der Waals surface area contributed by atoms with Crippen LogP contribution in [0.15, 0.2) is 0 Å². The van der Waals surface area contributed by atoms with Gasteiger partial charge in [-0.3, -0.25) is 9.59 Å². The summed E-state index contributed by atoms with van der Waals surface area (Å²) in [6.45, 7) is 10.5. The van der Waals surface area contributed by atoms with Crippen molar-refractivity contribution in [3.05, 3.63) is 0 Å². The number of hydrogen-bond acceptors (Lipinski definition) is 2. The van der Waals surface area contributed by atoms with E-state index in [1.54, 1.807) is 0 Å². The van der Waals surface area contributed by atoms with E-state index >= 15 is 0 Å². The van der Waals surface area contributed by atoms with Gasteiger partial charge in [-0.05, 0) is 24.2 Å². The molecule has 0 aromatic rings. The van der Waals surface area contributed by atoms with Crippen LogP contribution in [0, 0.1) is 23.7 Å². The van der Waals surface area contributed by atoms with Crippen LogP contribution in [-0.4, -0.2) is 23.5 Å². The van der Waals surface area contributed by atoms with Gasteiger partial charge in [0.05, 0.1) is 0 Å². The van der Waals surface area contributed by atoms with Gasteiger partial charge < -0.3 is 10.4 Å². The number of hydrogen-bond donors (Lipinski definition) is 2. The van der Waals surface area contributed by atoms with Gasteiger partial charge in [0, 0.05) is 18.9 Å². The number of aliphatic carboxylic acids is 1. The number of carbonyl (C=O) groups excluding carboxylic acids is 1. The van der Waals surface area contributed by atoms with E-state index in [9.17, 15) is 9.59 Å². The van der Waals surface area contributed by atoms with Crippen molar-refractivity contribution in [1.82, 2.24) is 5.32 Å². The average molecular weight is 257 g/mol. The molecule has 2 atom stereocenters. The van der Waals surface area contributed by atoms with E-state index in [0.29, 0.717) is 18.4 Å². The highest BCUT2D eigenvalue weighted by molar-refractivity contribution is 5.78. The standard InChI is InChI=1S/C14H27NO3/c1-9(2)6-12(7-13(16)17)8-15-14(18)11(5)10(3)4/h9-12H,6-8H2,1-5H3,(H,15,18)(H,16,17). The molecule has 0 rings (SSSR count). The van der Waals surface area contributed by atoms with Crippen LogP contribution in [0.3, 0.4) is 0 Å². The fourth-order valence-corrected chi connectivity index (χ4v) is 1.86. The molecule has 0 heterocycles. The number of carboxylic acids is 1. The molecule has 0 aliphatic carbocycles. The zero-order valence-corrected chi connectivity index (χ0v) is 12.2. The molecule has 2 N–H and O–H groups in total. The molecular formula is C14H27NO3. The smallest absolute Gasteiger partial charge is 0.303 e. The highest BCUT2D eigenvalue weighted by Crippen LogP contribution is 2.15. The molecule has 0 fully saturated rings. The summed E-state index contributed by atoms with van der Waals surface area (Å²) in [6.07, 6.45) is 0.942. The predicted octanol–water partition coefficient (Wildman–Crippen LogP) is 2.53. The number of carbonyl (C=O) groups is 2. The monoisotopic (exact) mass is 257 g/mol. The molecule has 0 radical (unpaired) electrons. The fourth-order valence-electron chi connectivity index (χ4n) is 1.86. The van der Waals surface area contributed by atoms with Crippen LogP contribution in [0.2, 0.25) is 0 Å². The molecule has 4 heteroatoms. The van der Waals surface area contributed by atoms with Crippen molar-refractivity contribution < 1.29 is 14.7 Å². The van der Waals surface area contributed by atoms with Gasteiger partial charge in [0.1, 0.15) is 0 Å². The van der Waals surface area contributed by atoms with Crippen molar-refractivity contribution in [2.24, 2.45) is 23.7 Å². The Balaban J connectivity index is 4.24. The summed E-state index contributed by atoms with van der Waals surface area (Å²) in [5.74, 6) is -0.0573. The Kier molecular flexibility index (Phi) is 7.64. The molecule has 0 aliphatic rings. The minimum absolute atomic E-state index is 0.0177. The van der Waals surface area contributed by atoms with Crippen LogP contribution in [0.1, 0.15) is 47.5 Å². The topological polar surface area (TPSA) is 66.4 Å². The SMILES string of the molecule is CC(C)CC(CNC(=O)C(C)C(C)C)CC(=O)O. The lowest BCUT2D eigenvalue weighted by Gasteiger charge is -2.20. The normalized spacial score (nSPS) is 14.6. The van der Waals surface area contributed by atoms with E-state index in [2.05, 4.69) is 19.2 Å². The van der Waals surface area contributed by atoms with Gasteiger partial charge in [-0.2, -0.15) is 0 Å². The van der Waals surface area contributed by atoms with Crippen LogP contribution in [0.25, 0.3) is 0 Å². The summed E-state index contributed by atoms with van der Waals surface area (Å²) in [6, 6.07) is 0. The van der Waals surface area contributed by atoms with Gasteiger partial charge in [0.15, 0.2) is 0 Å². The van der Waals surface area contributed by atoms with Crippen LogP contribution in [0.4, 0.5) is 0 Å². The third-order valence-corrected chi connectivity index (χ3v) is 3.25. The second-order valence-corrected chi connectivity index (χ2v) is 5.87. The highest BCUT2D eigenvalue weighted by Gasteiger charge is 2.19. The second-order valence-electron chi connectivity index (χ2n) is 5.87. The van der Waals surface area contributed by atoms with Crippen molar-refractivity contribution in [2.45, 2.75) is 47.5 Å². The van der Waals surface area contributed by atoms with E-state index in [0.717, 1.165) is 6.42 Å². The fraction of sp³-hybridized carbons (Fsp3) is 0.857. The quantitative estimate of drug-likeness (QED) is 0.702. The molecule has 4 nitrogen and oxygen atoms in total. The lowest BCUT2D eigenvalue weighted by molar-refractivity contribution is -0.138. The van der Waals surface area contributed by atoms with Crippen LogP contribution in [-0.2, 0) is 9.59 Å². The summed E-state index contributed by atoms with van der Waals surface area (Å²) >= 11 is 0. The van der Waals surface area contributed by atoms with Crippen LogP contribution < -0.4 is 5.32 Å². The maximum atomic E-state index is 11.8. The number of carboxylic acid groups (broad SMARTS) is 1. The Morgan fingerprint density at radius 2 is 1.67 bits per heavy atom. The first kappa shape index (κ1) is 16.9. The lowest BCUT2D eigenvalue weighted by atomic mass is 9.93. The van der Waals surface area contributed by atoms with Crippen molar-refractivity contribution in [1.29, 1.82) is 0 Å². The second kappa shape index (κ2) is 8.11. The van der Waals surface area contributed by atoms with Crippen molar-refractivity contribution in [3.63, 3.8) is 0 Å². The third kappa shape index (κ3) is 7.30. The summed E-state index contributed by atoms with van der Waals surface area (Å²) in [4.78, 5) is 22.6. The molecule has 0 aromatic heterocycles. The first-order valence-corrected chi connectivity index (χ1v) is 6.73. The maximum Gasteiger partial charge on any atom is 0.303 e. The molecule has 0 bridgehead atoms. The minimum Gasteiger partial charge on any atom is -0.481 e. The minimum atomic E-state index is -0.799. The molecule has 0 aliphatic heterocycles. The first-order valence-electron chi connectivity index (χ1n) is 6.73. The Bertz CT molecular complexity index is 274. The van der Waals surface area contributed by atoms with E-state index in [1.807, 2.05) is 20.8 Å². The molecule has 1 amide bonds. The van der Waals surface area contributed by atoms with Gasteiger partial charge in [-0.25, -0.2) is 0 Å². The molecular weight excluding hydrogens is 230 g/mol. The molecule has 18 heavy (non-hydrogen) atoms. The Morgan fingerprint density at radius 1 is 1.11 bits per heavy atom. The Morgan fingerprint density at radius 3 is 2.06 bits per heavy atom. The molecule has 0 spiro atoms. The Labute approximate surface area is 110 Å². The highest BCUT2D eigenvalue weighted by atomic mass is 16.4. The molecule has 0 saturated carbocycles. The van der Waals surface area contributed by atoms with Gasteiger partial charge in [0.25, 0.3) is 0 Å². The van der Waals surface area contributed by atoms with Crippen molar-refractivity contribution in [2.75, 3.05) is 6.54 Å². The van der Waals surface area contributed by atoms with E-state index < -0.39 is 5.97 Å². The largest absolute Gasteiger partial charge is 0.481 e. The summed E-state index contributed by atoms with van der Waals surface area (Å²) in [5.41, 5.74) is 0. The van der Waals surface area contributed by atoms with Gasteiger partial charge in [-0.15, -0.1) is 0 Å². The lowest BCUT2D eigenvalue weighted by Crippen LogP contribution is -2.36. The third-order valence-electron chi connectivity index (χ3n) is 3.25. The predicted molar refractivity (Wildman–Crippen MR) is 72.2 cm³/mol. The van der Waals surface area contributed by atoms with Crippen molar-refractivity contribution in [3.8, 4) is 0 Å². The summed E-state index contributed by atoms with van der Waals surface area (Å²) < 4.78 is 0. The zero-order chi connectivity index (χ0) is 14.3. The summed E-state index contributed by atoms with van der Waals surface area (Å²) in [5, 5.41) is 11.7. The maximum absolute atomic E-state index is 11.8. The first-order chi connectivity index (χ1) is 8.23. The average Bonchev–Trinajstić information content (AvgIpc) is 2.22. The van der Waals surface area contributed by atoms with Crippen molar-refractivity contribution >= 4 is 11.9 Å². The summed E-state index contributed by atoms with van der Waals surface area (Å²) in [7, 11) is 0. The van der Waals surface area contributed by atoms with E-state index in [-0.39, 0.29) is 24.2 Å². The number of rotatable bonds is 8. The van der Waals surface area contributed by atoms with Crippen LogP contribution >= 0.6 is 0 Å². The van der Waals surface area contributed by atoms with Gasteiger partial charge in [0.2, 0.25) is 5.91 Å². The molecule has 2 unspecified atom stereocenters.